The lowest BCUT2D eigenvalue weighted by molar-refractivity contribution is -0.0170. The van der Waals surface area contributed by atoms with Crippen LogP contribution >= 0.6 is 11.6 Å². The predicted octanol–water partition coefficient (Wildman–Crippen LogP) is 3.02. The van der Waals surface area contributed by atoms with Crippen LogP contribution in [0.1, 0.15) is 18.7 Å². The lowest BCUT2D eigenvalue weighted by Gasteiger charge is -2.30. The highest BCUT2D eigenvalue weighted by Crippen LogP contribution is 2.21. The largest absolute Gasteiger partial charge is 0.382 e. The van der Waals surface area contributed by atoms with Crippen LogP contribution in [0.25, 0.3) is 11.4 Å². The van der Waals surface area contributed by atoms with Gasteiger partial charge in [0.15, 0.2) is 0 Å². The quantitative estimate of drug-likeness (QED) is 0.715. The lowest BCUT2D eigenvalue weighted by Crippen LogP contribution is -2.37. The van der Waals surface area contributed by atoms with Crippen molar-refractivity contribution in [2.75, 3.05) is 33.4 Å². The smallest absolute Gasteiger partial charge is 0.241 e. The standard InChI is InChI=1S/C17H22ClN3O3/c1-22-9-10-23-15-5-7-21(8-6-15)12-16-19-17(20-24-16)13-3-2-4-14(18)11-13/h2-4,11,15H,5-10,12H2,1H3. The Morgan fingerprint density at radius 3 is 2.88 bits per heavy atom. The van der Waals surface area contributed by atoms with Gasteiger partial charge in [0.1, 0.15) is 0 Å². The molecule has 1 aromatic heterocycles. The zero-order chi connectivity index (χ0) is 16.8. The second-order valence-electron chi connectivity index (χ2n) is 5.86. The average Bonchev–Trinajstić information content (AvgIpc) is 3.05. The van der Waals surface area contributed by atoms with E-state index < -0.39 is 0 Å². The third-order valence-corrected chi connectivity index (χ3v) is 4.32. The molecule has 2 aromatic rings. The van der Waals surface area contributed by atoms with Gasteiger partial charge in [0.05, 0.1) is 25.9 Å². The molecular formula is C17H22ClN3O3. The van der Waals surface area contributed by atoms with E-state index in [9.17, 15) is 0 Å². The molecule has 1 aromatic carbocycles. The molecule has 0 spiro atoms. The van der Waals surface area contributed by atoms with Gasteiger partial charge in [-0.3, -0.25) is 4.90 Å². The van der Waals surface area contributed by atoms with Crippen LogP contribution in [-0.2, 0) is 16.0 Å². The SMILES string of the molecule is COCCOC1CCN(Cc2nc(-c3cccc(Cl)c3)no2)CC1. The third kappa shape index (κ3) is 4.77. The molecule has 7 heteroatoms. The first-order valence-electron chi connectivity index (χ1n) is 8.16. The van der Waals surface area contributed by atoms with E-state index in [2.05, 4.69) is 15.0 Å². The van der Waals surface area contributed by atoms with Crippen LogP contribution < -0.4 is 0 Å². The molecule has 0 N–H and O–H groups in total. The second-order valence-corrected chi connectivity index (χ2v) is 6.30. The van der Waals surface area contributed by atoms with Gasteiger partial charge >= 0.3 is 0 Å². The van der Waals surface area contributed by atoms with Crippen LogP contribution in [0.4, 0.5) is 0 Å². The Morgan fingerprint density at radius 1 is 1.29 bits per heavy atom. The van der Waals surface area contributed by atoms with Gasteiger partial charge < -0.3 is 14.0 Å². The number of piperidine rings is 1. The Kier molecular flexibility index (Phi) is 6.20. The monoisotopic (exact) mass is 351 g/mol. The van der Waals surface area contributed by atoms with Crippen molar-refractivity contribution in [1.82, 2.24) is 15.0 Å². The van der Waals surface area contributed by atoms with Crippen molar-refractivity contribution in [3.05, 3.63) is 35.2 Å². The minimum Gasteiger partial charge on any atom is -0.382 e. The van der Waals surface area contributed by atoms with Crippen LogP contribution in [0.15, 0.2) is 28.8 Å². The summed E-state index contributed by atoms with van der Waals surface area (Å²) in [5, 5.41) is 4.71. The number of nitrogens with zero attached hydrogens (tertiary/aromatic N) is 3. The third-order valence-electron chi connectivity index (χ3n) is 4.09. The summed E-state index contributed by atoms with van der Waals surface area (Å²) in [5.74, 6) is 1.20. The first-order valence-corrected chi connectivity index (χ1v) is 8.54. The van der Waals surface area contributed by atoms with Crippen molar-refractivity contribution in [1.29, 1.82) is 0 Å². The van der Waals surface area contributed by atoms with Crippen LogP contribution in [0.3, 0.4) is 0 Å². The van der Waals surface area contributed by atoms with Gasteiger partial charge in [-0.1, -0.05) is 28.9 Å². The number of methoxy groups -OCH3 is 1. The van der Waals surface area contributed by atoms with Gasteiger partial charge in [-0.2, -0.15) is 4.98 Å². The van der Waals surface area contributed by atoms with E-state index in [4.69, 9.17) is 25.6 Å². The van der Waals surface area contributed by atoms with Gasteiger partial charge in [0.25, 0.3) is 0 Å². The molecule has 6 nitrogen and oxygen atoms in total. The molecule has 3 rings (SSSR count). The maximum absolute atomic E-state index is 6.00. The summed E-state index contributed by atoms with van der Waals surface area (Å²) in [7, 11) is 1.69. The molecule has 0 unspecified atom stereocenters. The molecule has 0 radical (unpaired) electrons. The van der Waals surface area contributed by atoms with E-state index in [1.165, 1.54) is 0 Å². The topological polar surface area (TPSA) is 60.6 Å². The number of hydrogen-bond acceptors (Lipinski definition) is 6. The van der Waals surface area contributed by atoms with Crippen molar-refractivity contribution in [2.45, 2.75) is 25.5 Å². The fourth-order valence-electron chi connectivity index (χ4n) is 2.79. The van der Waals surface area contributed by atoms with E-state index in [-0.39, 0.29) is 0 Å². The van der Waals surface area contributed by atoms with Crippen LogP contribution in [0.5, 0.6) is 0 Å². The maximum Gasteiger partial charge on any atom is 0.241 e. The Morgan fingerprint density at radius 2 is 2.12 bits per heavy atom. The number of halogens is 1. The Labute approximate surface area is 146 Å². The van der Waals surface area contributed by atoms with Crippen LogP contribution in [0.2, 0.25) is 5.02 Å². The molecule has 1 fully saturated rings. The van der Waals surface area contributed by atoms with Crippen molar-refractivity contribution >= 4 is 11.6 Å². The van der Waals surface area contributed by atoms with E-state index in [1.807, 2.05) is 24.3 Å². The fraction of sp³-hybridized carbons (Fsp3) is 0.529. The molecule has 0 aliphatic carbocycles. The van der Waals surface area contributed by atoms with Crippen molar-refractivity contribution in [2.24, 2.45) is 0 Å². The second kappa shape index (κ2) is 8.58. The Bertz CT molecular complexity index is 642. The molecule has 0 saturated carbocycles. The number of benzene rings is 1. The summed E-state index contributed by atoms with van der Waals surface area (Å²) in [5.41, 5.74) is 0.864. The summed E-state index contributed by atoms with van der Waals surface area (Å²) < 4.78 is 16.2. The molecule has 0 bridgehead atoms. The summed E-state index contributed by atoms with van der Waals surface area (Å²) in [4.78, 5) is 6.78. The number of aromatic nitrogens is 2. The van der Waals surface area contributed by atoms with Crippen molar-refractivity contribution < 1.29 is 14.0 Å². The number of rotatable bonds is 7. The summed E-state index contributed by atoms with van der Waals surface area (Å²) >= 11 is 6.00. The molecule has 24 heavy (non-hydrogen) atoms. The number of ether oxygens (including phenoxy) is 2. The number of hydrogen-bond donors (Lipinski definition) is 0. The molecular weight excluding hydrogens is 330 g/mol. The van der Waals surface area contributed by atoms with E-state index in [0.29, 0.717) is 42.6 Å². The van der Waals surface area contributed by atoms with Gasteiger partial charge in [-0.25, -0.2) is 0 Å². The predicted molar refractivity (Wildman–Crippen MR) is 90.9 cm³/mol. The van der Waals surface area contributed by atoms with Crippen LogP contribution in [-0.4, -0.2) is 54.6 Å². The normalized spacial score (nSPS) is 16.6. The molecule has 1 aliphatic rings. The van der Waals surface area contributed by atoms with Gasteiger partial charge in [-0.15, -0.1) is 0 Å². The Hall–Kier alpha value is -1.47. The molecule has 1 aliphatic heterocycles. The fourth-order valence-corrected chi connectivity index (χ4v) is 2.98. The minimum atomic E-state index is 0.320. The van der Waals surface area contributed by atoms with E-state index >= 15 is 0 Å². The van der Waals surface area contributed by atoms with Gasteiger partial charge in [0.2, 0.25) is 11.7 Å². The Balaban J connectivity index is 1.49. The van der Waals surface area contributed by atoms with Gasteiger partial charge in [0, 0.05) is 30.8 Å². The van der Waals surface area contributed by atoms with E-state index in [1.54, 1.807) is 7.11 Å². The van der Waals surface area contributed by atoms with E-state index in [0.717, 1.165) is 31.5 Å². The van der Waals surface area contributed by atoms with Crippen LogP contribution in [0, 0.1) is 0 Å². The first kappa shape index (κ1) is 17.4. The summed E-state index contributed by atoms with van der Waals surface area (Å²) in [6, 6.07) is 7.45. The first-order chi connectivity index (χ1) is 11.7. The highest BCUT2D eigenvalue weighted by Gasteiger charge is 2.21. The molecule has 130 valence electrons. The molecule has 1 saturated heterocycles. The maximum atomic E-state index is 6.00. The van der Waals surface area contributed by atoms with Crippen molar-refractivity contribution in [3.8, 4) is 11.4 Å². The zero-order valence-corrected chi connectivity index (χ0v) is 14.5. The summed E-state index contributed by atoms with van der Waals surface area (Å²) in [6.45, 7) is 3.90. The summed E-state index contributed by atoms with van der Waals surface area (Å²) in [6.07, 6.45) is 2.35. The molecule has 2 heterocycles. The lowest BCUT2D eigenvalue weighted by atomic mass is 10.1. The highest BCUT2D eigenvalue weighted by molar-refractivity contribution is 6.30. The zero-order valence-electron chi connectivity index (χ0n) is 13.8. The number of likely N-dealkylation sites (tertiary alicyclic amines) is 1. The van der Waals surface area contributed by atoms with Gasteiger partial charge in [-0.05, 0) is 25.0 Å². The minimum absolute atomic E-state index is 0.320. The molecule has 0 amide bonds. The van der Waals surface area contributed by atoms with Crippen molar-refractivity contribution in [3.63, 3.8) is 0 Å². The molecule has 0 atom stereocenters. The highest BCUT2D eigenvalue weighted by atomic mass is 35.5. The average molecular weight is 352 g/mol.